The number of para-hydroxylation sites is 1. The minimum Gasteiger partial charge on any atom is -0.497 e. The second-order valence-electron chi connectivity index (χ2n) is 12.6. The van der Waals surface area contributed by atoms with Gasteiger partial charge in [0.15, 0.2) is 0 Å². The Morgan fingerprint density at radius 2 is 1.87 bits per heavy atom. The lowest BCUT2D eigenvalue weighted by molar-refractivity contribution is -0.120. The molecule has 4 aromatic rings. The third kappa shape index (κ3) is 8.06. The molecule has 2 aliphatic rings. The lowest BCUT2D eigenvalue weighted by Gasteiger charge is -2.36. The van der Waals surface area contributed by atoms with Crippen LogP contribution in [0.2, 0.25) is 0 Å². The minimum atomic E-state index is 0.0756. The third-order valence-corrected chi connectivity index (χ3v) is 9.50. The number of ether oxygens (including phenoxy) is 4. The topological polar surface area (TPSA) is 70.1 Å². The molecule has 3 aromatic carbocycles. The molecule has 242 valence electrons. The maximum absolute atomic E-state index is 13.2. The minimum absolute atomic E-state index is 0.0756. The smallest absolute Gasteiger partial charge is 0.142 e. The molecule has 0 N–H and O–H groups in total. The molecule has 1 fully saturated rings. The van der Waals surface area contributed by atoms with E-state index in [2.05, 4.69) is 47.4 Å². The Morgan fingerprint density at radius 3 is 2.72 bits per heavy atom. The third-order valence-electron chi connectivity index (χ3n) is 9.50. The fourth-order valence-electron chi connectivity index (χ4n) is 7.00. The van der Waals surface area contributed by atoms with Gasteiger partial charge in [-0.1, -0.05) is 42.5 Å². The normalized spacial score (nSPS) is 19.4. The van der Waals surface area contributed by atoms with Crippen LogP contribution in [0.5, 0.6) is 11.5 Å². The highest BCUT2D eigenvalue weighted by Gasteiger charge is 2.33. The Kier molecular flexibility index (Phi) is 10.8. The number of hydrogen-bond donors (Lipinski definition) is 0. The maximum atomic E-state index is 13.2. The fraction of sp³-hybridized carbons (Fsp3) is 0.436. The molecule has 0 spiro atoms. The van der Waals surface area contributed by atoms with Gasteiger partial charge in [0, 0.05) is 50.1 Å². The van der Waals surface area contributed by atoms with Crippen LogP contribution in [0.1, 0.15) is 61.3 Å². The van der Waals surface area contributed by atoms with E-state index in [1.165, 1.54) is 5.56 Å². The first-order valence-corrected chi connectivity index (χ1v) is 16.7. The number of rotatable bonds is 14. The van der Waals surface area contributed by atoms with Crippen molar-refractivity contribution in [3.63, 3.8) is 0 Å². The van der Waals surface area contributed by atoms with Crippen LogP contribution in [0.15, 0.2) is 78.9 Å². The summed E-state index contributed by atoms with van der Waals surface area (Å²) in [5.41, 5.74) is 5.49. The van der Waals surface area contributed by atoms with Gasteiger partial charge in [0.2, 0.25) is 0 Å². The summed E-state index contributed by atoms with van der Waals surface area (Å²) < 4.78 is 23.4. The number of aromatic nitrogens is 1. The SMILES string of the molecule is COCCCN1CCOc2ccc(CO[C@H]3CC[C@H](CC(=O)CCc4ccc5ccccc5n4)C[C@@H]3c3ccc(OC)cc3)cc21. The number of aryl methyl sites for hydroxylation is 1. The number of methoxy groups -OCH3 is 2. The van der Waals surface area contributed by atoms with Crippen molar-refractivity contribution in [1.29, 1.82) is 0 Å². The largest absolute Gasteiger partial charge is 0.497 e. The molecule has 46 heavy (non-hydrogen) atoms. The first kappa shape index (κ1) is 32.0. The summed E-state index contributed by atoms with van der Waals surface area (Å²) in [7, 11) is 3.44. The van der Waals surface area contributed by atoms with Gasteiger partial charge in [0.05, 0.1) is 37.6 Å². The number of anilines is 1. The molecule has 2 heterocycles. The van der Waals surface area contributed by atoms with E-state index >= 15 is 0 Å². The Bertz CT molecular complexity index is 1590. The predicted molar refractivity (Wildman–Crippen MR) is 182 cm³/mol. The van der Waals surface area contributed by atoms with Gasteiger partial charge in [-0.15, -0.1) is 0 Å². The number of Topliss-reactive ketones (excluding diaryl/α,β-unsaturated/α-hetero) is 1. The number of fused-ring (bicyclic) bond motifs is 2. The Labute approximate surface area is 272 Å². The summed E-state index contributed by atoms with van der Waals surface area (Å²) in [6.07, 6.45) is 5.72. The zero-order chi connectivity index (χ0) is 31.7. The fourth-order valence-corrected chi connectivity index (χ4v) is 7.00. The zero-order valence-electron chi connectivity index (χ0n) is 27.2. The van der Waals surface area contributed by atoms with E-state index in [1.54, 1.807) is 14.2 Å². The molecule has 6 rings (SSSR count). The van der Waals surface area contributed by atoms with Gasteiger partial charge in [-0.3, -0.25) is 9.78 Å². The Morgan fingerprint density at radius 1 is 1.00 bits per heavy atom. The summed E-state index contributed by atoms with van der Waals surface area (Å²) in [5.74, 6) is 2.65. The van der Waals surface area contributed by atoms with Crippen molar-refractivity contribution < 1.29 is 23.7 Å². The number of ketones is 1. The van der Waals surface area contributed by atoms with E-state index in [1.807, 2.05) is 36.4 Å². The summed E-state index contributed by atoms with van der Waals surface area (Å²) in [5, 5.41) is 1.13. The van der Waals surface area contributed by atoms with Gasteiger partial charge < -0.3 is 23.8 Å². The van der Waals surface area contributed by atoms with Crippen molar-refractivity contribution in [2.75, 3.05) is 45.4 Å². The van der Waals surface area contributed by atoms with Gasteiger partial charge >= 0.3 is 0 Å². The van der Waals surface area contributed by atoms with Crippen molar-refractivity contribution in [2.24, 2.45) is 5.92 Å². The predicted octanol–water partition coefficient (Wildman–Crippen LogP) is 7.54. The number of pyridine rings is 1. The van der Waals surface area contributed by atoms with Gasteiger partial charge in [-0.05, 0) is 85.5 Å². The van der Waals surface area contributed by atoms with E-state index < -0.39 is 0 Å². The van der Waals surface area contributed by atoms with E-state index in [0.29, 0.717) is 44.2 Å². The van der Waals surface area contributed by atoms with Crippen LogP contribution in [0.4, 0.5) is 5.69 Å². The van der Waals surface area contributed by atoms with Gasteiger partial charge in [0.25, 0.3) is 0 Å². The number of carbonyl (C=O) groups is 1. The second kappa shape index (κ2) is 15.6. The molecule has 0 unspecified atom stereocenters. The lowest BCUT2D eigenvalue weighted by Crippen LogP contribution is -2.34. The van der Waals surface area contributed by atoms with Crippen molar-refractivity contribution in [3.8, 4) is 11.5 Å². The van der Waals surface area contributed by atoms with Crippen molar-refractivity contribution in [3.05, 3.63) is 95.7 Å². The average Bonchev–Trinajstić information content (AvgIpc) is 3.10. The number of benzene rings is 3. The van der Waals surface area contributed by atoms with Crippen molar-refractivity contribution in [1.82, 2.24) is 4.98 Å². The van der Waals surface area contributed by atoms with Gasteiger partial charge in [-0.2, -0.15) is 0 Å². The Balaban J connectivity index is 1.09. The second-order valence-corrected chi connectivity index (χ2v) is 12.6. The number of carbonyl (C=O) groups excluding carboxylic acids is 1. The summed E-state index contributed by atoms with van der Waals surface area (Å²) in [6.45, 7) is 3.81. The van der Waals surface area contributed by atoms with Crippen LogP contribution < -0.4 is 14.4 Å². The molecule has 1 aromatic heterocycles. The quantitative estimate of drug-likeness (QED) is 0.135. The van der Waals surface area contributed by atoms with Crippen molar-refractivity contribution in [2.45, 2.75) is 63.6 Å². The molecule has 0 amide bonds. The summed E-state index contributed by atoms with van der Waals surface area (Å²) in [6, 6.07) is 27.1. The summed E-state index contributed by atoms with van der Waals surface area (Å²) in [4.78, 5) is 20.4. The molecule has 3 atom stereocenters. The van der Waals surface area contributed by atoms with Crippen molar-refractivity contribution >= 4 is 22.4 Å². The van der Waals surface area contributed by atoms with Gasteiger partial charge in [0.1, 0.15) is 23.9 Å². The van der Waals surface area contributed by atoms with Crippen LogP contribution in [0.25, 0.3) is 10.9 Å². The van der Waals surface area contributed by atoms with Crippen LogP contribution in [-0.4, -0.2) is 57.4 Å². The van der Waals surface area contributed by atoms with E-state index in [9.17, 15) is 4.79 Å². The molecule has 7 nitrogen and oxygen atoms in total. The molecular formula is C39H46N2O5. The van der Waals surface area contributed by atoms with E-state index in [4.69, 9.17) is 23.9 Å². The van der Waals surface area contributed by atoms with Crippen LogP contribution in [0, 0.1) is 5.92 Å². The highest BCUT2D eigenvalue weighted by atomic mass is 16.5. The number of nitrogens with zero attached hydrogens (tertiary/aromatic N) is 2. The maximum Gasteiger partial charge on any atom is 0.142 e. The van der Waals surface area contributed by atoms with Crippen LogP contribution in [0.3, 0.4) is 0 Å². The summed E-state index contributed by atoms with van der Waals surface area (Å²) >= 11 is 0. The first-order chi connectivity index (χ1) is 22.6. The van der Waals surface area contributed by atoms with Gasteiger partial charge in [-0.25, -0.2) is 0 Å². The average molecular weight is 623 g/mol. The highest BCUT2D eigenvalue weighted by molar-refractivity contribution is 5.80. The monoisotopic (exact) mass is 622 g/mol. The van der Waals surface area contributed by atoms with Crippen LogP contribution >= 0.6 is 0 Å². The molecule has 0 saturated heterocycles. The van der Waals surface area contributed by atoms with E-state index in [0.717, 1.165) is 84.7 Å². The molecule has 1 aliphatic carbocycles. The molecule has 0 bridgehead atoms. The molecule has 1 saturated carbocycles. The highest BCUT2D eigenvalue weighted by Crippen LogP contribution is 2.41. The van der Waals surface area contributed by atoms with Crippen LogP contribution in [-0.2, 0) is 27.3 Å². The Hall–Kier alpha value is -3.94. The molecular weight excluding hydrogens is 576 g/mol. The molecule has 0 radical (unpaired) electrons. The first-order valence-electron chi connectivity index (χ1n) is 16.7. The lowest BCUT2D eigenvalue weighted by atomic mass is 9.74. The number of hydrogen-bond acceptors (Lipinski definition) is 7. The van der Waals surface area contributed by atoms with E-state index in [-0.39, 0.29) is 12.0 Å². The molecule has 7 heteroatoms. The molecule has 1 aliphatic heterocycles. The zero-order valence-corrected chi connectivity index (χ0v) is 27.2. The standard InChI is InChI=1S/C39H46N2O5/c1-43-22-5-20-41-21-23-45-39-19-9-29(26-37(39)41)27-46-38-18-8-28(25-35(38)30-11-16-34(44-2)17-12-30)24-33(42)15-14-32-13-10-31-6-3-4-7-36(31)40-32/h3-4,6-7,9-13,16-17,19,26,28,35,38H,5,8,14-15,18,20-25,27H2,1-2H3/t28-,35-,38+/m1/s1.